The van der Waals surface area contributed by atoms with Crippen LogP contribution in [0.5, 0.6) is 11.5 Å². The van der Waals surface area contributed by atoms with E-state index in [2.05, 4.69) is 0 Å². The first-order valence-electron chi connectivity index (χ1n) is 9.29. The van der Waals surface area contributed by atoms with Crippen LogP contribution in [0.2, 0.25) is 0 Å². The molecule has 0 N–H and O–H groups in total. The molecule has 6 nitrogen and oxygen atoms in total. The Morgan fingerprint density at radius 1 is 1.07 bits per heavy atom. The molecule has 0 aromatic heterocycles. The van der Waals surface area contributed by atoms with Crippen molar-refractivity contribution in [2.24, 2.45) is 0 Å². The first-order valence-corrected chi connectivity index (χ1v) is 9.29. The summed E-state index contributed by atoms with van der Waals surface area (Å²) in [6.07, 6.45) is 0.742. The zero-order chi connectivity index (χ0) is 20.3. The number of fused-ring (bicyclic) bond motifs is 1. The van der Waals surface area contributed by atoms with Crippen molar-refractivity contribution >= 4 is 17.5 Å². The maximum absolute atomic E-state index is 12.9. The average molecular weight is 382 g/mol. The number of nitrogens with zero attached hydrogens (tertiary/aromatic N) is 2. The normalized spacial score (nSPS) is 12.9. The number of hydrogen-bond donors (Lipinski definition) is 0. The molecular weight excluding hydrogens is 356 g/mol. The molecule has 0 fully saturated rings. The molecule has 0 aliphatic carbocycles. The molecule has 0 radical (unpaired) electrons. The Labute approximate surface area is 165 Å². The van der Waals surface area contributed by atoms with Crippen molar-refractivity contribution in [3.63, 3.8) is 0 Å². The van der Waals surface area contributed by atoms with E-state index in [-0.39, 0.29) is 18.4 Å². The highest BCUT2D eigenvalue weighted by Crippen LogP contribution is 2.33. The minimum Gasteiger partial charge on any atom is -0.493 e. The number of ether oxygens (including phenoxy) is 2. The van der Waals surface area contributed by atoms with Crippen molar-refractivity contribution in [2.75, 3.05) is 32.2 Å². The molecule has 2 aromatic rings. The molecule has 1 aliphatic rings. The predicted octanol–water partition coefficient (Wildman–Crippen LogP) is 2.95. The van der Waals surface area contributed by atoms with Crippen LogP contribution in [0, 0.1) is 6.92 Å². The summed E-state index contributed by atoms with van der Waals surface area (Å²) < 4.78 is 10.7. The van der Waals surface area contributed by atoms with E-state index in [0.29, 0.717) is 24.6 Å². The van der Waals surface area contributed by atoms with Crippen LogP contribution in [0.4, 0.5) is 5.69 Å². The molecule has 0 spiro atoms. The molecule has 0 saturated carbocycles. The van der Waals surface area contributed by atoms with Gasteiger partial charge in [-0.3, -0.25) is 9.59 Å². The smallest absolute Gasteiger partial charge is 0.242 e. The molecule has 6 heteroatoms. The molecule has 0 saturated heterocycles. The van der Waals surface area contributed by atoms with Gasteiger partial charge in [0.1, 0.15) is 6.54 Å². The number of methoxy groups -OCH3 is 2. The number of benzene rings is 2. The largest absolute Gasteiger partial charge is 0.493 e. The minimum absolute atomic E-state index is 0.0292. The lowest BCUT2D eigenvalue weighted by atomic mass is 9.98. The second-order valence-corrected chi connectivity index (χ2v) is 6.99. The van der Waals surface area contributed by atoms with E-state index in [1.807, 2.05) is 43.3 Å². The molecule has 1 heterocycles. The summed E-state index contributed by atoms with van der Waals surface area (Å²) in [5, 5.41) is 0. The van der Waals surface area contributed by atoms with Gasteiger partial charge in [-0.25, -0.2) is 0 Å². The second kappa shape index (κ2) is 8.33. The van der Waals surface area contributed by atoms with Gasteiger partial charge in [0, 0.05) is 25.7 Å². The van der Waals surface area contributed by atoms with Crippen molar-refractivity contribution in [1.29, 1.82) is 0 Å². The van der Waals surface area contributed by atoms with E-state index in [4.69, 9.17) is 9.47 Å². The maximum atomic E-state index is 12.9. The topological polar surface area (TPSA) is 59.1 Å². The van der Waals surface area contributed by atoms with Crippen molar-refractivity contribution in [3.05, 3.63) is 53.1 Å². The van der Waals surface area contributed by atoms with Gasteiger partial charge in [0.2, 0.25) is 11.8 Å². The minimum atomic E-state index is -0.150. The molecule has 3 rings (SSSR count). The van der Waals surface area contributed by atoms with E-state index >= 15 is 0 Å². The summed E-state index contributed by atoms with van der Waals surface area (Å²) in [4.78, 5) is 28.4. The molecule has 1 aliphatic heterocycles. The van der Waals surface area contributed by atoms with E-state index in [1.165, 1.54) is 11.8 Å². The van der Waals surface area contributed by atoms with E-state index in [0.717, 1.165) is 28.8 Å². The third-order valence-electron chi connectivity index (χ3n) is 5.06. The van der Waals surface area contributed by atoms with Crippen LogP contribution in [-0.4, -0.2) is 44.0 Å². The van der Waals surface area contributed by atoms with Crippen LogP contribution >= 0.6 is 0 Å². The van der Waals surface area contributed by atoms with Crippen molar-refractivity contribution in [3.8, 4) is 11.5 Å². The highest BCUT2D eigenvalue weighted by Gasteiger charge is 2.25. The summed E-state index contributed by atoms with van der Waals surface area (Å²) in [6.45, 7) is 4.58. The SMILES string of the molecule is COc1cc2c(cc1OC)CN(C(=O)CN(C(C)=O)c1cccc(C)c1)CC2. The number of aryl methyl sites for hydroxylation is 1. The van der Waals surface area contributed by atoms with Crippen molar-refractivity contribution < 1.29 is 19.1 Å². The lowest BCUT2D eigenvalue weighted by Gasteiger charge is -2.31. The Morgan fingerprint density at radius 3 is 2.36 bits per heavy atom. The zero-order valence-electron chi connectivity index (χ0n) is 16.8. The van der Waals surface area contributed by atoms with Crippen molar-refractivity contribution in [2.45, 2.75) is 26.8 Å². The number of anilines is 1. The summed E-state index contributed by atoms with van der Waals surface area (Å²) in [5.74, 6) is 1.13. The van der Waals surface area contributed by atoms with Crippen LogP contribution in [-0.2, 0) is 22.6 Å². The van der Waals surface area contributed by atoms with Crippen LogP contribution in [0.25, 0.3) is 0 Å². The van der Waals surface area contributed by atoms with Gasteiger partial charge in [-0.15, -0.1) is 0 Å². The fraction of sp³-hybridized carbons (Fsp3) is 0.364. The van der Waals surface area contributed by atoms with Gasteiger partial charge in [0.05, 0.1) is 14.2 Å². The number of hydrogen-bond acceptors (Lipinski definition) is 4. The van der Waals surface area contributed by atoms with Gasteiger partial charge in [0.25, 0.3) is 0 Å². The standard InChI is InChI=1S/C22H26N2O4/c1-15-6-5-7-19(10-15)24(16(2)25)14-22(26)23-9-8-17-11-20(27-3)21(28-4)12-18(17)13-23/h5-7,10-12H,8-9,13-14H2,1-4H3. The van der Waals surface area contributed by atoms with Crippen LogP contribution in [0.3, 0.4) is 0 Å². The Bertz CT molecular complexity index is 894. The first-order chi connectivity index (χ1) is 13.4. The number of carbonyl (C=O) groups excluding carboxylic acids is 2. The van der Waals surface area contributed by atoms with Gasteiger partial charge < -0.3 is 19.3 Å². The average Bonchev–Trinajstić information content (AvgIpc) is 2.69. The molecule has 0 bridgehead atoms. The van der Waals surface area contributed by atoms with Gasteiger partial charge >= 0.3 is 0 Å². The summed E-state index contributed by atoms with van der Waals surface area (Å²) >= 11 is 0. The Hall–Kier alpha value is -3.02. The summed E-state index contributed by atoms with van der Waals surface area (Å²) in [5.41, 5.74) is 3.99. The van der Waals surface area contributed by atoms with Crippen LogP contribution in [0.15, 0.2) is 36.4 Å². The Balaban J connectivity index is 1.77. The maximum Gasteiger partial charge on any atom is 0.242 e. The third kappa shape index (κ3) is 4.11. The Morgan fingerprint density at radius 2 is 1.75 bits per heavy atom. The number of carbonyl (C=O) groups is 2. The van der Waals surface area contributed by atoms with Gasteiger partial charge in [-0.1, -0.05) is 12.1 Å². The molecule has 2 amide bonds. The first kappa shape index (κ1) is 19.7. The molecule has 0 atom stereocenters. The summed E-state index contributed by atoms with van der Waals surface area (Å²) in [6, 6.07) is 11.5. The van der Waals surface area contributed by atoms with E-state index in [1.54, 1.807) is 19.1 Å². The predicted molar refractivity (Wildman–Crippen MR) is 108 cm³/mol. The molecule has 28 heavy (non-hydrogen) atoms. The number of amides is 2. The van der Waals surface area contributed by atoms with Crippen LogP contribution < -0.4 is 14.4 Å². The zero-order valence-corrected chi connectivity index (χ0v) is 16.8. The third-order valence-corrected chi connectivity index (χ3v) is 5.06. The van der Waals surface area contributed by atoms with Gasteiger partial charge in [-0.2, -0.15) is 0 Å². The molecule has 2 aromatic carbocycles. The quantitative estimate of drug-likeness (QED) is 0.798. The highest BCUT2D eigenvalue weighted by molar-refractivity contribution is 5.97. The lowest BCUT2D eigenvalue weighted by molar-refractivity contribution is -0.132. The fourth-order valence-corrected chi connectivity index (χ4v) is 3.51. The highest BCUT2D eigenvalue weighted by atomic mass is 16.5. The van der Waals surface area contributed by atoms with Crippen LogP contribution in [0.1, 0.15) is 23.6 Å². The van der Waals surface area contributed by atoms with E-state index in [9.17, 15) is 9.59 Å². The molecule has 0 unspecified atom stereocenters. The molecular formula is C22H26N2O4. The number of rotatable bonds is 5. The Kier molecular flexibility index (Phi) is 5.87. The lowest BCUT2D eigenvalue weighted by Crippen LogP contribution is -2.44. The van der Waals surface area contributed by atoms with Gasteiger partial charge in [0.15, 0.2) is 11.5 Å². The van der Waals surface area contributed by atoms with Gasteiger partial charge in [-0.05, 0) is 54.3 Å². The van der Waals surface area contributed by atoms with Crippen molar-refractivity contribution in [1.82, 2.24) is 4.90 Å². The fourth-order valence-electron chi connectivity index (χ4n) is 3.51. The summed E-state index contributed by atoms with van der Waals surface area (Å²) in [7, 11) is 3.22. The second-order valence-electron chi connectivity index (χ2n) is 6.99. The monoisotopic (exact) mass is 382 g/mol. The van der Waals surface area contributed by atoms with E-state index < -0.39 is 0 Å². The molecule has 148 valence electrons.